The van der Waals surface area contributed by atoms with Crippen LogP contribution in [0, 0.1) is 17.8 Å². The summed E-state index contributed by atoms with van der Waals surface area (Å²) in [6, 6.07) is 3.04. The molecule has 3 aromatic rings. The molecule has 4 amide bonds. The molecule has 60 heavy (non-hydrogen) atoms. The largest absolute Gasteiger partial charge is 0.444 e. The Labute approximate surface area is 350 Å². The smallest absolute Gasteiger partial charge is 0.416 e. The third-order valence-electron chi connectivity index (χ3n) is 11.1. The van der Waals surface area contributed by atoms with Crippen LogP contribution in [0.25, 0.3) is 11.5 Å². The van der Waals surface area contributed by atoms with Crippen molar-refractivity contribution in [2.24, 2.45) is 17.8 Å². The van der Waals surface area contributed by atoms with E-state index >= 15 is 0 Å². The molecule has 2 aliphatic carbocycles. The summed E-state index contributed by atoms with van der Waals surface area (Å²) < 4.78 is 46.7. The summed E-state index contributed by atoms with van der Waals surface area (Å²) >= 11 is 0. The molecule has 328 valence electrons. The second-order valence-electron chi connectivity index (χ2n) is 18.5. The monoisotopic (exact) mass is 838 g/mol. The van der Waals surface area contributed by atoms with E-state index in [1.54, 1.807) is 42.7 Å². The Morgan fingerprint density at radius 1 is 0.950 bits per heavy atom. The van der Waals surface area contributed by atoms with Crippen LogP contribution in [-0.4, -0.2) is 98.0 Å². The molecule has 1 aliphatic heterocycles. The summed E-state index contributed by atoms with van der Waals surface area (Å²) in [6.45, 7) is 13.4. The molecule has 1 saturated heterocycles. The Morgan fingerprint density at radius 3 is 2.27 bits per heavy atom. The molecule has 3 aromatic heterocycles. The third-order valence-corrected chi connectivity index (χ3v) is 11.1. The molecule has 2 saturated carbocycles. The van der Waals surface area contributed by atoms with Crippen LogP contribution in [0.1, 0.15) is 134 Å². The van der Waals surface area contributed by atoms with Gasteiger partial charge in [-0.1, -0.05) is 0 Å². The maximum Gasteiger partial charge on any atom is 0.416 e. The molecule has 3 aliphatic rings. The fraction of sp³-hybridized carbons (Fsp3) is 0.651. The predicted octanol–water partition coefficient (Wildman–Crippen LogP) is 8.89. The highest BCUT2D eigenvalue weighted by molar-refractivity contribution is 6.03. The number of halogens is 2. The standard InChI is InChI=1S/C43H60F2N8O7/c1-42(2,3)59-40(56)51-21-17-27(18-22-51)9-8-20-50(7)39(55)29-12-14-31(15-13-29)53-25-32(35(49-53)36(44)45)47-37(54)33-26-58-38(48-33)30-16-19-46-34(23-30)52(24-28-10-11-28)41(57)60-43(4,5)6/h16,19,23,25-29,31,36H,8-15,17-18,20-22,24H2,1-7H3,(H,47,54)/t29-,31-. The molecular weight excluding hydrogens is 779 g/mol. The highest BCUT2D eigenvalue weighted by atomic mass is 19.3. The molecule has 15 nitrogen and oxygen atoms in total. The number of nitrogens with one attached hydrogen (secondary N) is 1. The Kier molecular flexibility index (Phi) is 13.8. The van der Waals surface area contributed by atoms with Crippen LogP contribution in [0.5, 0.6) is 0 Å². The van der Waals surface area contributed by atoms with Crippen LogP contribution in [0.15, 0.2) is 35.2 Å². The lowest BCUT2D eigenvalue weighted by atomic mass is 9.85. The zero-order chi connectivity index (χ0) is 43.4. The van der Waals surface area contributed by atoms with Crippen molar-refractivity contribution in [3.05, 3.63) is 42.2 Å². The van der Waals surface area contributed by atoms with Gasteiger partial charge in [0.05, 0.1) is 11.7 Å². The molecule has 0 atom stereocenters. The number of piperidine rings is 1. The second kappa shape index (κ2) is 18.7. The molecule has 6 rings (SSSR count). The Morgan fingerprint density at radius 2 is 1.63 bits per heavy atom. The number of amides is 4. The maximum atomic E-state index is 14.2. The van der Waals surface area contributed by atoms with Crippen LogP contribution in [-0.2, 0) is 14.3 Å². The minimum Gasteiger partial charge on any atom is -0.444 e. The van der Waals surface area contributed by atoms with E-state index in [9.17, 15) is 28.0 Å². The molecule has 17 heteroatoms. The first kappa shape index (κ1) is 44.5. The highest BCUT2D eigenvalue weighted by Crippen LogP contribution is 2.36. The molecule has 0 radical (unpaired) electrons. The van der Waals surface area contributed by atoms with Crippen LogP contribution >= 0.6 is 0 Å². The number of alkyl halides is 2. The number of likely N-dealkylation sites (tertiary alicyclic amines) is 1. The van der Waals surface area contributed by atoms with Crippen molar-refractivity contribution in [3.63, 3.8) is 0 Å². The number of ether oxygens (including phenoxy) is 2. The van der Waals surface area contributed by atoms with Crippen molar-refractivity contribution < 1.29 is 41.8 Å². The second-order valence-corrected chi connectivity index (χ2v) is 18.5. The zero-order valence-corrected chi connectivity index (χ0v) is 35.9. The number of carbonyl (C=O) groups is 4. The summed E-state index contributed by atoms with van der Waals surface area (Å²) in [5.74, 6) is 0.448. The van der Waals surface area contributed by atoms with Crippen molar-refractivity contribution in [1.82, 2.24) is 29.5 Å². The zero-order valence-electron chi connectivity index (χ0n) is 35.9. The molecule has 4 heterocycles. The first-order valence-corrected chi connectivity index (χ1v) is 21.2. The summed E-state index contributed by atoms with van der Waals surface area (Å²) in [7, 11) is 1.83. The third kappa shape index (κ3) is 12.0. The molecule has 0 unspecified atom stereocenters. The molecule has 1 N–H and O–H groups in total. The average molecular weight is 839 g/mol. The molecule has 3 fully saturated rings. The minimum atomic E-state index is -2.95. The van der Waals surface area contributed by atoms with E-state index in [1.165, 1.54) is 22.0 Å². The molecule has 0 aromatic carbocycles. The van der Waals surface area contributed by atoms with Crippen LogP contribution < -0.4 is 10.2 Å². The van der Waals surface area contributed by atoms with Crippen molar-refractivity contribution in [3.8, 4) is 11.5 Å². The van der Waals surface area contributed by atoms with E-state index in [1.807, 2.05) is 27.8 Å². The number of carbonyl (C=O) groups excluding carboxylic acids is 4. The van der Waals surface area contributed by atoms with Crippen molar-refractivity contribution in [2.45, 2.75) is 129 Å². The van der Waals surface area contributed by atoms with Gasteiger partial charge in [0.25, 0.3) is 12.3 Å². The summed E-state index contributed by atoms with van der Waals surface area (Å²) in [4.78, 5) is 65.9. The van der Waals surface area contributed by atoms with Crippen molar-refractivity contribution in [2.75, 3.05) is 43.4 Å². The van der Waals surface area contributed by atoms with Gasteiger partial charge in [-0.05, 0) is 130 Å². The lowest BCUT2D eigenvalue weighted by molar-refractivity contribution is -0.135. The molecule has 0 bridgehead atoms. The van der Waals surface area contributed by atoms with Crippen LogP contribution in [0.2, 0.25) is 0 Å². The number of nitrogens with zero attached hydrogens (tertiary/aromatic N) is 7. The average Bonchev–Trinajstić information content (AvgIpc) is 3.69. The van der Waals surface area contributed by atoms with Gasteiger partial charge in [-0.25, -0.2) is 28.3 Å². The maximum absolute atomic E-state index is 14.2. The number of aromatic nitrogens is 4. The molecular formula is C43H60F2N8O7. The number of anilines is 2. The quantitative estimate of drug-likeness (QED) is 0.176. The van der Waals surface area contributed by atoms with E-state index in [2.05, 4.69) is 20.4 Å². The first-order valence-electron chi connectivity index (χ1n) is 21.2. The lowest BCUT2D eigenvalue weighted by Gasteiger charge is -2.34. The van der Waals surface area contributed by atoms with Gasteiger partial charge >= 0.3 is 12.2 Å². The summed E-state index contributed by atoms with van der Waals surface area (Å²) in [5, 5.41) is 6.71. The van der Waals surface area contributed by atoms with Crippen molar-refractivity contribution >= 4 is 35.5 Å². The van der Waals surface area contributed by atoms with Gasteiger partial charge in [-0.15, -0.1) is 0 Å². The van der Waals surface area contributed by atoms with E-state index in [4.69, 9.17) is 13.9 Å². The lowest BCUT2D eigenvalue weighted by Crippen LogP contribution is -2.41. The summed E-state index contributed by atoms with van der Waals surface area (Å²) in [5.41, 5.74) is -1.58. The van der Waals surface area contributed by atoms with Gasteiger partial charge in [-0.2, -0.15) is 5.10 Å². The van der Waals surface area contributed by atoms with E-state index in [0.29, 0.717) is 75.1 Å². The van der Waals surface area contributed by atoms with Gasteiger partial charge in [-0.3, -0.25) is 19.2 Å². The normalized spacial score (nSPS) is 18.9. The number of hydrogen-bond donors (Lipinski definition) is 1. The summed E-state index contributed by atoms with van der Waals surface area (Å²) in [6.07, 6.45) is 8.37. The van der Waals surface area contributed by atoms with Crippen LogP contribution in [0.3, 0.4) is 0 Å². The fourth-order valence-electron chi connectivity index (χ4n) is 7.74. The Hall–Kier alpha value is -5.09. The van der Waals surface area contributed by atoms with Gasteiger partial charge in [0.15, 0.2) is 11.4 Å². The number of hydrogen-bond acceptors (Lipinski definition) is 10. The Balaban J connectivity index is 0.993. The predicted molar refractivity (Wildman–Crippen MR) is 220 cm³/mol. The number of pyridine rings is 1. The Bertz CT molecular complexity index is 1970. The van der Waals surface area contributed by atoms with Crippen molar-refractivity contribution in [1.29, 1.82) is 0 Å². The fourth-order valence-corrected chi connectivity index (χ4v) is 7.74. The van der Waals surface area contributed by atoms with Gasteiger partial charge in [0, 0.05) is 57.1 Å². The SMILES string of the molecule is CN(CCCC1CCN(C(=O)OC(C)(C)C)CC1)C(=O)[C@H]1CC[C@H](n2cc(NC(=O)c3coc(-c4ccnc(N(CC5CC5)C(=O)OC(C)(C)C)c4)n3)c(C(F)F)n2)CC1. The van der Waals surface area contributed by atoms with E-state index in [-0.39, 0.29) is 41.2 Å². The van der Waals surface area contributed by atoms with Gasteiger partial charge in [0.2, 0.25) is 11.8 Å². The number of oxazole rings is 1. The van der Waals surface area contributed by atoms with E-state index < -0.39 is 35.3 Å². The highest BCUT2D eigenvalue weighted by Gasteiger charge is 2.34. The van der Waals surface area contributed by atoms with Gasteiger partial charge in [0.1, 0.15) is 23.3 Å². The topological polar surface area (TPSA) is 165 Å². The van der Waals surface area contributed by atoms with Crippen LogP contribution in [0.4, 0.5) is 29.9 Å². The molecule has 0 spiro atoms. The van der Waals surface area contributed by atoms with Gasteiger partial charge < -0.3 is 29.0 Å². The number of rotatable bonds is 13. The van der Waals surface area contributed by atoms with E-state index in [0.717, 1.165) is 44.8 Å². The minimum absolute atomic E-state index is 0.0820. The first-order chi connectivity index (χ1) is 28.3.